The zero-order valence-electron chi connectivity index (χ0n) is 9.22. The van der Waals surface area contributed by atoms with Crippen molar-refractivity contribution in [2.45, 2.75) is 25.6 Å². The van der Waals surface area contributed by atoms with Gasteiger partial charge in [-0.1, -0.05) is 36.4 Å². The van der Waals surface area contributed by atoms with Crippen molar-refractivity contribution in [3.8, 4) is 0 Å². The highest BCUT2D eigenvalue weighted by molar-refractivity contribution is 5.88. The van der Waals surface area contributed by atoms with E-state index >= 15 is 0 Å². The SMILES string of the molecule is CC1C=CC2C(=O)Cc3ccccc3C2O1. The van der Waals surface area contributed by atoms with Gasteiger partial charge in [-0.3, -0.25) is 4.79 Å². The van der Waals surface area contributed by atoms with Crippen LogP contribution in [0.1, 0.15) is 24.2 Å². The van der Waals surface area contributed by atoms with Gasteiger partial charge in [-0.25, -0.2) is 0 Å². The average molecular weight is 214 g/mol. The number of rotatable bonds is 0. The molecule has 1 aromatic carbocycles. The summed E-state index contributed by atoms with van der Waals surface area (Å²) in [5.74, 6) is 0.193. The highest BCUT2D eigenvalue weighted by Crippen LogP contribution is 2.39. The maximum Gasteiger partial charge on any atom is 0.147 e. The first-order chi connectivity index (χ1) is 7.75. The van der Waals surface area contributed by atoms with E-state index in [-0.39, 0.29) is 23.9 Å². The molecule has 2 nitrogen and oxygen atoms in total. The monoisotopic (exact) mass is 214 g/mol. The molecule has 1 aliphatic heterocycles. The van der Waals surface area contributed by atoms with E-state index in [9.17, 15) is 4.79 Å². The van der Waals surface area contributed by atoms with E-state index < -0.39 is 0 Å². The predicted octanol–water partition coefficient (Wildman–Crippen LogP) is 2.44. The number of ketones is 1. The Morgan fingerprint density at radius 1 is 1.25 bits per heavy atom. The third kappa shape index (κ3) is 1.41. The first kappa shape index (κ1) is 9.79. The van der Waals surface area contributed by atoms with Crippen LogP contribution in [-0.4, -0.2) is 11.9 Å². The number of benzene rings is 1. The van der Waals surface area contributed by atoms with Crippen molar-refractivity contribution >= 4 is 5.78 Å². The number of carbonyl (C=O) groups is 1. The summed E-state index contributed by atoms with van der Waals surface area (Å²) in [5, 5.41) is 0. The maximum atomic E-state index is 12.0. The van der Waals surface area contributed by atoms with Crippen LogP contribution in [0.2, 0.25) is 0 Å². The van der Waals surface area contributed by atoms with Gasteiger partial charge in [0.2, 0.25) is 0 Å². The molecule has 0 saturated carbocycles. The van der Waals surface area contributed by atoms with Gasteiger partial charge in [0.1, 0.15) is 5.78 Å². The van der Waals surface area contributed by atoms with Gasteiger partial charge < -0.3 is 4.74 Å². The van der Waals surface area contributed by atoms with Crippen molar-refractivity contribution in [1.29, 1.82) is 0 Å². The van der Waals surface area contributed by atoms with Gasteiger partial charge in [0.25, 0.3) is 0 Å². The summed E-state index contributed by atoms with van der Waals surface area (Å²) < 4.78 is 5.88. The van der Waals surface area contributed by atoms with Crippen LogP contribution in [0.15, 0.2) is 36.4 Å². The largest absolute Gasteiger partial charge is 0.365 e. The van der Waals surface area contributed by atoms with Gasteiger partial charge >= 0.3 is 0 Å². The fourth-order valence-electron chi connectivity index (χ4n) is 2.56. The van der Waals surface area contributed by atoms with Crippen LogP contribution in [0.5, 0.6) is 0 Å². The molecule has 3 unspecified atom stereocenters. The summed E-state index contributed by atoms with van der Waals surface area (Å²) >= 11 is 0. The molecule has 3 atom stereocenters. The minimum atomic E-state index is -0.0777. The van der Waals surface area contributed by atoms with E-state index in [4.69, 9.17) is 4.74 Å². The molecule has 2 aliphatic rings. The molecule has 0 radical (unpaired) electrons. The van der Waals surface area contributed by atoms with Crippen LogP contribution in [-0.2, 0) is 16.0 Å². The van der Waals surface area contributed by atoms with Gasteiger partial charge in [0.15, 0.2) is 0 Å². The molecule has 0 fully saturated rings. The van der Waals surface area contributed by atoms with Crippen molar-refractivity contribution in [1.82, 2.24) is 0 Å². The molecule has 0 spiro atoms. The Morgan fingerprint density at radius 2 is 2.06 bits per heavy atom. The molecule has 0 saturated heterocycles. The molecule has 16 heavy (non-hydrogen) atoms. The molecule has 0 amide bonds. The second-order valence-corrected chi connectivity index (χ2v) is 4.51. The molecule has 3 rings (SSSR count). The Balaban J connectivity index is 2.09. The van der Waals surface area contributed by atoms with Crippen molar-refractivity contribution in [3.63, 3.8) is 0 Å². The second-order valence-electron chi connectivity index (χ2n) is 4.51. The Kier molecular flexibility index (Phi) is 2.18. The molecular formula is C14H14O2. The van der Waals surface area contributed by atoms with Crippen LogP contribution in [0.3, 0.4) is 0 Å². The molecule has 82 valence electrons. The van der Waals surface area contributed by atoms with Crippen molar-refractivity contribution < 1.29 is 9.53 Å². The first-order valence-corrected chi connectivity index (χ1v) is 5.70. The van der Waals surface area contributed by atoms with Crippen LogP contribution in [0.4, 0.5) is 0 Å². The number of Topliss-reactive ketones (excluding diaryl/α,β-unsaturated/α-hetero) is 1. The zero-order chi connectivity index (χ0) is 11.1. The highest BCUT2D eigenvalue weighted by atomic mass is 16.5. The number of fused-ring (bicyclic) bond motifs is 3. The van der Waals surface area contributed by atoms with E-state index in [1.165, 1.54) is 5.56 Å². The number of hydrogen-bond donors (Lipinski definition) is 0. The Bertz CT molecular complexity index is 462. The smallest absolute Gasteiger partial charge is 0.147 e. The summed E-state index contributed by atoms with van der Waals surface area (Å²) in [6.07, 6.45) is 4.56. The van der Waals surface area contributed by atoms with Gasteiger partial charge in [0, 0.05) is 6.42 Å². The van der Waals surface area contributed by atoms with Crippen LogP contribution < -0.4 is 0 Å². The van der Waals surface area contributed by atoms with Gasteiger partial charge in [-0.15, -0.1) is 0 Å². The lowest BCUT2D eigenvalue weighted by molar-refractivity contribution is -0.128. The Labute approximate surface area is 94.9 Å². The third-order valence-corrected chi connectivity index (χ3v) is 3.37. The fraction of sp³-hybridized carbons (Fsp3) is 0.357. The lowest BCUT2D eigenvalue weighted by Gasteiger charge is -2.35. The lowest BCUT2D eigenvalue weighted by Crippen LogP contribution is -2.34. The van der Waals surface area contributed by atoms with E-state index in [0.29, 0.717) is 6.42 Å². The highest BCUT2D eigenvalue weighted by Gasteiger charge is 2.37. The Hall–Kier alpha value is -1.41. The van der Waals surface area contributed by atoms with Crippen LogP contribution in [0, 0.1) is 5.92 Å². The van der Waals surface area contributed by atoms with E-state index in [1.807, 2.05) is 37.3 Å². The molecular weight excluding hydrogens is 200 g/mol. The van der Waals surface area contributed by atoms with Crippen LogP contribution in [0.25, 0.3) is 0 Å². The predicted molar refractivity (Wildman–Crippen MR) is 61.1 cm³/mol. The number of carbonyl (C=O) groups excluding carboxylic acids is 1. The summed E-state index contributed by atoms with van der Waals surface area (Å²) in [6, 6.07) is 8.09. The minimum Gasteiger partial charge on any atom is -0.365 e. The lowest BCUT2D eigenvalue weighted by atomic mass is 9.79. The summed E-state index contributed by atoms with van der Waals surface area (Å²) in [5.41, 5.74) is 2.31. The normalized spacial score (nSPS) is 32.1. The number of hydrogen-bond acceptors (Lipinski definition) is 2. The number of ether oxygens (including phenoxy) is 1. The van der Waals surface area contributed by atoms with Gasteiger partial charge in [-0.2, -0.15) is 0 Å². The maximum absolute atomic E-state index is 12.0. The molecule has 1 aromatic rings. The summed E-state index contributed by atoms with van der Waals surface area (Å²) in [7, 11) is 0. The molecule has 1 aliphatic carbocycles. The van der Waals surface area contributed by atoms with E-state index in [1.54, 1.807) is 0 Å². The van der Waals surface area contributed by atoms with E-state index in [2.05, 4.69) is 6.07 Å². The topological polar surface area (TPSA) is 26.3 Å². The second kappa shape index (κ2) is 3.56. The summed E-state index contributed by atoms with van der Waals surface area (Å²) in [4.78, 5) is 12.0. The molecule has 0 bridgehead atoms. The first-order valence-electron chi connectivity index (χ1n) is 5.70. The van der Waals surface area contributed by atoms with Gasteiger partial charge in [-0.05, 0) is 18.1 Å². The average Bonchev–Trinajstić information content (AvgIpc) is 2.29. The summed E-state index contributed by atoms with van der Waals surface area (Å²) in [6.45, 7) is 2.01. The zero-order valence-corrected chi connectivity index (χ0v) is 9.22. The molecule has 1 heterocycles. The third-order valence-electron chi connectivity index (χ3n) is 3.37. The van der Waals surface area contributed by atoms with Gasteiger partial charge in [0.05, 0.1) is 18.1 Å². The molecule has 0 aromatic heterocycles. The molecule has 2 heteroatoms. The van der Waals surface area contributed by atoms with Crippen LogP contribution >= 0.6 is 0 Å². The Morgan fingerprint density at radius 3 is 2.94 bits per heavy atom. The van der Waals surface area contributed by atoms with Crippen molar-refractivity contribution in [2.24, 2.45) is 5.92 Å². The standard InChI is InChI=1S/C14H14O2/c1-9-6-7-12-13(15)8-10-4-2-3-5-11(10)14(12)16-9/h2-7,9,12,14H,8H2,1H3. The minimum absolute atomic E-state index is 0.0718. The van der Waals surface area contributed by atoms with E-state index in [0.717, 1.165) is 5.56 Å². The quantitative estimate of drug-likeness (QED) is 0.620. The fourth-order valence-corrected chi connectivity index (χ4v) is 2.56. The van der Waals surface area contributed by atoms with Crippen molar-refractivity contribution in [3.05, 3.63) is 47.5 Å². The molecule has 0 N–H and O–H groups in total. The van der Waals surface area contributed by atoms with Crippen molar-refractivity contribution in [2.75, 3.05) is 0 Å².